The largest absolute Gasteiger partial charge is 0.497 e. The van der Waals surface area contributed by atoms with Crippen molar-refractivity contribution in [2.75, 3.05) is 7.11 Å². The Morgan fingerprint density at radius 2 is 2.22 bits per heavy atom. The predicted octanol–water partition coefficient (Wildman–Crippen LogP) is 3.94. The molecule has 1 fully saturated rings. The van der Waals surface area contributed by atoms with Crippen LogP contribution in [0.3, 0.4) is 0 Å². The van der Waals surface area contributed by atoms with Crippen LogP contribution >= 0.6 is 15.9 Å². The molecule has 1 aromatic rings. The van der Waals surface area contributed by atoms with Gasteiger partial charge in [-0.05, 0) is 42.5 Å². The molecular formula is C15H21BrO2. The van der Waals surface area contributed by atoms with Crippen LogP contribution in [-0.4, -0.2) is 17.8 Å². The second kappa shape index (κ2) is 5.62. The van der Waals surface area contributed by atoms with Crippen LogP contribution in [-0.2, 0) is 6.42 Å². The molecule has 1 N–H and O–H groups in total. The second-order valence-corrected chi connectivity index (χ2v) is 6.24. The molecule has 2 nitrogen and oxygen atoms in total. The van der Waals surface area contributed by atoms with Crippen LogP contribution in [0.4, 0.5) is 0 Å². The normalized spacial score (nSPS) is 28.1. The molecule has 2 unspecified atom stereocenters. The molecule has 18 heavy (non-hydrogen) atoms. The highest BCUT2D eigenvalue weighted by molar-refractivity contribution is 9.10. The van der Waals surface area contributed by atoms with Gasteiger partial charge in [0.05, 0.1) is 12.7 Å². The summed E-state index contributed by atoms with van der Waals surface area (Å²) in [6, 6.07) is 5.94. The zero-order chi connectivity index (χ0) is 13.2. The Morgan fingerprint density at radius 3 is 2.89 bits per heavy atom. The molecule has 0 spiro atoms. The lowest BCUT2D eigenvalue weighted by Gasteiger charge is -2.38. The van der Waals surface area contributed by atoms with Crippen molar-refractivity contribution in [1.82, 2.24) is 0 Å². The summed E-state index contributed by atoms with van der Waals surface area (Å²) in [6.07, 6.45) is 5.09. The molecule has 0 saturated heterocycles. The van der Waals surface area contributed by atoms with Gasteiger partial charge in [0.25, 0.3) is 0 Å². The maximum atomic E-state index is 10.8. The Morgan fingerprint density at radius 1 is 1.44 bits per heavy atom. The van der Waals surface area contributed by atoms with Crippen molar-refractivity contribution < 1.29 is 9.84 Å². The first-order chi connectivity index (χ1) is 8.55. The molecule has 1 aliphatic rings. The van der Waals surface area contributed by atoms with Gasteiger partial charge in [-0.2, -0.15) is 0 Å². The van der Waals surface area contributed by atoms with Crippen molar-refractivity contribution in [1.29, 1.82) is 0 Å². The molecule has 100 valence electrons. The molecule has 1 aliphatic carbocycles. The van der Waals surface area contributed by atoms with Crippen molar-refractivity contribution >= 4 is 15.9 Å². The average Bonchev–Trinajstić information content (AvgIpc) is 2.36. The molecular weight excluding hydrogens is 292 g/mol. The number of aliphatic hydroxyl groups is 1. The number of halogens is 1. The van der Waals surface area contributed by atoms with Crippen molar-refractivity contribution in [2.45, 2.75) is 44.6 Å². The Labute approximate surface area is 117 Å². The van der Waals surface area contributed by atoms with E-state index in [1.165, 1.54) is 6.42 Å². The lowest BCUT2D eigenvalue weighted by atomic mass is 9.73. The minimum Gasteiger partial charge on any atom is -0.497 e. The van der Waals surface area contributed by atoms with E-state index in [-0.39, 0.29) is 0 Å². The van der Waals surface area contributed by atoms with Crippen LogP contribution in [0, 0.1) is 5.92 Å². The van der Waals surface area contributed by atoms with E-state index in [9.17, 15) is 5.11 Å². The topological polar surface area (TPSA) is 29.5 Å². The third-order valence-electron chi connectivity index (χ3n) is 4.16. The number of ether oxygens (including phenoxy) is 1. The van der Waals surface area contributed by atoms with E-state index in [1.807, 2.05) is 18.2 Å². The fourth-order valence-corrected chi connectivity index (χ4v) is 3.19. The minimum absolute atomic E-state index is 0.365. The molecule has 2 rings (SSSR count). The molecule has 0 aliphatic heterocycles. The maximum Gasteiger partial charge on any atom is 0.119 e. The zero-order valence-corrected chi connectivity index (χ0v) is 12.7. The van der Waals surface area contributed by atoms with Gasteiger partial charge in [-0.3, -0.25) is 0 Å². The van der Waals surface area contributed by atoms with Gasteiger partial charge in [0.2, 0.25) is 0 Å². The Hall–Kier alpha value is -0.540. The smallest absolute Gasteiger partial charge is 0.119 e. The van der Waals surface area contributed by atoms with Gasteiger partial charge in [-0.25, -0.2) is 0 Å². The summed E-state index contributed by atoms with van der Waals surface area (Å²) >= 11 is 3.56. The molecule has 0 aromatic heterocycles. The Balaban J connectivity index is 2.21. The Kier molecular flexibility index (Phi) is 4.33. The van der Waals surface area contributed by atoms with Crippen LogP contribution in [0.5, 0.6) is 5.75 Å². The molecule has 3 heteroatoms. The van der Waals surface area contributed by atoms with Gasteiger partial charge in [-0.1, -0.05) is 35.7 Å². The van der Waals surface area contributed by atoms with Crippen molar-refractivity contribution in [3.05, 3.63) is 28.2 Å². The third-order valence-corrected chi connectivity index (χ3v) is 4.94. The van der Waals surface area contributed by atoms with Crippen LogP contribution in [0.2, 0.25) is 0 Å². The summed E-state index contributed by atoms with van der Waals surface area (Å²) in [4.78, 5) is 0. The minimum atomic E-state index is -0.562. The first-order valence-corrected chi connectivity index (χ1v) is 7.39. The predicted molar refractivity (Wildman–Crippen MR) is 77.0 cm³/mol. The Bertz CT molecular complexity index is 419. The van der Waals surface area contributed by atoms with Gasteiger partial charge in [0, 0.05) is 10.9 Å². The quantitative estimate of drug-likeness (QED) is 0.916. The van der Waals surface area contributed by atoms with Crippen LogP contribution < -0.4 is 4.74 Å². The summed E-state index contributed by atoms with van der Waals surface area (Å²) in [5.41, 5.74) is 0.568. The number of methoxy groups -OCH3 is 1. The van der Waals surface area contributed by atoms with E-state index >= 15 is 0 Å². The van der Waals surface area contributed by atoms with E-state index < -0.39 is 5.60 Å². The highest BCUT2D eigenvalue weighted by atomic mass is 79.9. The highest BCUT2D eigenvalue weighted by Crippen LogP contribution is 2.38. The van der Waals surface area contributed by atoms with Crippen molar-refractivity contribution in [3.63, 3.8) is 0 Å². The number of hydrogen-bond donors (Lipinski definition) is 1. The average molecular weight is 313 g/mol. The van der Waals surface area contributed by atoms with Crippen LogP contribution in [0.15, 0.2) is 22.7 Å². The first-order valence-electron chi connectivity index (χ1n) is 6.60. The van der Waals surface area contributed by atoms with Crippen LogP contribution in [0.25, 0.3) is 0 Å². The summed E-state index contributed by atoms with van der Waals surface area (Å²) in [5.74, 6) is 1.21. The summed E-state index contributed by atoms with van der Waals surface area (Å²) in [7, 11) is 1.67. The number of benzene rings is 1. The molecule has 0 heterocycles. The van der Waals surface area contributed by atoms with Gasteiger partial charge in [0.1, 0.15) is 5.75 Å². The fraction of sp³-hybridized carbons (Fsp3) is 0.600. The SMILES string of the molecule is COc1ccc(Br)c(CC2(O)CCCCC2C)c1. The summed E-state index contributed by atoms with van der Waals surface area (Å²) in [5, 5.41) is 10.8. The lowest BCUT2D eigenvalue weighted by Crippen LogP contribution is -2.41. The first kappa shape index (κ1) is 13.9. The molecule has 0 radical (unpaired) electrons. The van der Waals surface area contributed by atoms with E-state index in [1.54, 1.807) is 7.11 Å². The summed E-state index contributed by atoms with van der Waals surface area (Å²) < 4.78 is 6.31. The number of rotatable bonds is 3. The van der Waals surface area contributed by atoms with Crippen molar-refractivity contribution in [2.24, 2.45) is 5.92 Å². The highest BCUT2D eigenvalue weighted by Gasteiger charge is 2.36. The zero-order valence-electron chi connectivity index (χ0n) is 11.1. The molecule has 1 saturated carbocycles. The lowest BCUT2D eigenvalue weighted by molar-refractivity contribution is -0.0406. The van der Waals surface area contributed by atoms with Gasteiger partial charge >= 0.3 is 0 Å². The van der Waals surface area contributed by atoms with Crippen LogP contribution in [0.1, 0.15) is 38.2 Å². The van der Waals surface area contributed by atoms with Crippen molar-refractivity contribution in [3.8, 4) is 5.75 Å². The maximum absolute atomic E-state index is 10.8. The van der Waals surface area contributed by atoms with Gasteiger partial charge < -0.3 is 9.84 Å². The molecule has 0 amide bonds. The number of hydrogen-bond acceptors (Lipinski definition) is 2. The van der Waals surface area contributed by atoms with E-state index in [4.69, 9.17) is 4.74 Å². The van der Waals surface area contributed by atoms with E-state index in [2.05, 4.69) is 22.9 Å². The standard InChI is InChI=1S/C15H21BrO2/c1-11-5-3-4-8-15(11,17)10-12-9-13(18-2)6-7-14(12)16/h6-7,9,11,17H,3-5,8,10H2,1-2H3. The third kappa shape index (κ3) is 2.89. The molecule has 1 aromatic carbocycles. The second-order valence-electron chi connectivity index (χ2n) is 5.38. The fourth-order valence-electron chi connectivity index (χ4n) is 2.80. The monoisotopic (exact) mass is 312 g/mol. The van der Waals surface area contributed by atoms with Gasteiger partial charge in [0.15, 0.2) is 0 Å². The van der Waals surface area contributed by atoms with Gasteiger partial charge in [-0.15, -0.1) is 0 Å². The molecule has 2 atom stereocenters. The van der Waals surface area contributed by atoms with E-state index in [0.29, 0.717) is 12.3 Å². The molecule has 0 bridgehead atoms. The van der Waals surface area contributed by atoms with E-state index in [0.717, 1.165) is 35.0 Å². The summed E-state index contributed by atoms with van der Waals surface area (Å²) in [6.45, 7) is 2.16.